The minimum Gasteiger partial charge on any atom is -0.439 e. The second-order valence-corrected chi connectivity index (χ2v) is 11.0. The molecule has 4 aromatic rings. The summed E-state index contributed by atoms with van der Waals surface area (Å²) in [6.45, 7) is 6.04. The molecule has 0 spiro atoms. The van der Waals surface area contributed by atoms with Crippen molar-refractivity contribution < 1.29 is 13.2 Å². The van der Waals surface area contributed by atoms with E-state index in [1.807, 2.05) is 44.2 Å². The number of rotatable bonds is 7. The highest BCUT2D eigenvalue weighted by atomic mass is 32.2. The summed E-state index contributed by atoms with van der Waals surface area (Å²) in [6, 6.07) is 15.7. The number of anilines is 1. The Balaban J connectivity index is 1.49. The van der Waals surface area contributed by atoms with Crippen LogP contribution in [-0.4, -0.2) is 41.3 Å². The minimum atomic E-state index is -3.94. The average Bonchev–Trinajstić information content (AvgIpc) is 3.32. The van der Waals surface area contributed by atoms with Crippen LogP contribution in [0.15, 0.2) is 65.8 Å². The lowest BCUT2D eigenvalue weighted by atomic mass is 9.90. The number of hydrogen-bond acceptors (Lipinski definition) is 7. The van der Waals surface area contributed by atoms with Crippen molar-refractivity contribution in [2.24, 2.45) is 7.05 Å². The maximum atomic E-state index is 13.0. The second kappa shape index (κ2) is 10.3. The van der Waals surface area contributed by atoms with Crippen LogP contribution in [0, 0.1) is 13.8 Å². The van der Waals surface area contributed by atoms with Gasteiger partial charge in [-0.1, -0.05) is 30.3 Å². The molecule has 5 rings (SSSR count). The normalized spacial score (nSPS) is 14.5. The van der Waals surface area contributed by atoms with Gasteiger partial charge in [-0.15, -0.1) is 0 Å². The van der Waals surface area contributed by atoms with Gasteiger partial charge < -0.3 is 10.1 Å². The van der Waals surface area contributed by atoms with Gasteiger partial charge in [-0.25, -0.2) is 18.1 Å². The van der Waals surface area contributed by atoms with Crippen LogP contribution in [0.1, 0.15) is 35.4 Å². The van der Waals surface area contributed by atoms with Crippen LogP contribution in [0.25, 0.3) is 11.3 Å². The Morgan fingerprint density at radius 2 is 1.73 bits per heavy atom. The lowest BCUT2D eigenvalue weighted by Crippen LogP contribution is -2.26. The number of hydrogen-bond donors (Lipinski definition) is 2. The van der Waals surface area contributed by atoms with Crippen molar-refractivity contribution in [3.63, 3.8) is 0 Å². The Morgan fingerprint density at radius 3 is 2.38 bits per heavy atom. The molecule has 9 nitrogen and oxygen atoms in total. The highest BCUT2D eigenvalue weighted by Crippen LogP contribution is 2.32. The van der Waals surface area contributed by atoms with Gasteiger partial charge >= 0.3 is 0 Å². The van der Waals surface area contributed by atoms with Gasteiger partial charge in [0.25, 0.3) is 10.0 Å². The molecule has 3 heterocycles. The molecule has 1 aliphatic heterocycles. The number of nitrogens with one attached hydrogen (secondary N) is 2. The smallest absolute Gasteiger partial charge is 0.267 e. The summed E-state index contributed by atoms with van der Waals surface area (Å²) in [5.74, 6) is 1.32. The molecule has 2 aromatic heterocycles. The lowest BCUT2D eigenvalue weighted by molar-refractivity contribution is 0.454. The Bertz CT molecular complexity index is 1490. The highest BCUT2D eigenvalue weighted by molar-refractivity contribution is 7.92. The molecular formula is C27H30N6O3S. The fraction of sp³-hybridized carbons (Fsp3) is 0.296. The predicted molar refractivity (Wildman–Crippen MR) is 142 cm³/mol. The number of benzene rings is 2. The summed E-state index contributed by atoms with van der Waals surface area (Å²) in [4.78, 5) is 8.95. The van der Waals surface area contributed by atoms with Crippen molar-refractivity contribution >= 4 is 16.0 Å². The summed E-state index contributed by atoms with van der Waals surface area (Å²) >= 11 is 0. The predicted octanol–water partition coefficient (Wildman–Crippen LogP) is 4.55. The van der Waals surface area contributed by atoms with Gasteiger partial charge in [0, 0.05) is 24.9 Å². The van der Waals surface area contributed by atoms with Crippen LogP contribution < -0.4 is 14.8 Å². The molecule has 192 valence electrons. The Labute approximate surface area is 217 Å². The first-order valence-corrected chi connectivity index (χ1v) is 13.7. The number of ether oxygens (including phenoxy) is 1. The Kier molecular flexibility index (Phi) is 6.94. The number of piperidine rings is 1. The monoisotopic (exact) mass is 518 g/mol. The first kappa shape index (κ1) is 24.9. The molecule has 0 unspecified atom stereocenters. The van der Waals surface area contributed by atoms with E-state index in [1.54, 1.807) is 13.1 Å². The molecular weight excluding hydrogens is 488 g/mol. The van der Waals surface area contributed by atoms with Gasteiger partial charge in [-0.05, 0) is 74.5 Å². The number of sulfonamides is 1. The van der Waals surface area contributed by atoms with Crippen molar-refractivity contribution in [2.45, 2.75) is 37.5 Å². The quantitative estimate of drug-likeness (QED) is 0.369. The van der Waals surface area contributed by atoms with Crippen LogP contribution in [0.2, 0.25) is 0 Å². The minimum absolute atomic E-state index is 0.0204. The Hall–Kier alpha value is -3.76. The summed E-state index contributed by atoms with van der Waals surface area (Å²) in [5, 5.41) is 7.35. The summed E-state index contributed by atoms with van der Waals surface area (Å²) in [6.07, 6.45) is 4.93. The largest absolute Gasteiger partial charge is 0.439 e. The molecule has 37 heavy (non-hydrogen) atoms. The summed E-state index contributed by atoms with van der Waals surface area (Å²) in [7, 11) is -2.29. The molecule has 2 N–H and O–H groups in total. The molecule has 0 radical (unpaired) electrons. The lowest BCUT2D eigenvalue weighted by Gasteiger charge is -2.23. The molecule has 0 amide bonds. The van der Waals surface area contributed by atoms with E-state index in [9.17, 15) is 8.42 Å². The molecule has 1 aliphatic rings. The zero-order valence-corrected chi connectivity index (χ0v) is 21.9. The summed E-state index contributed by atoms with van der Waals surface area (Å²) in [5.41, 5.74) is 4.78. The Morgan fingerprint density at radius 1 is 1.03 bits per heavy atom. The first-order valence-electron chi connectivity index (χ1n) is 12.2. The van der Waals surface area contributed by atoms with Crippen LogP contribution in [0.4, 0.5) is 5.95 Å². The molecule has 2 aromatic carbocycles. The first-order chi connectivity index (χ1) is 17.8. The molecule has 0 aliphatic carbocycles. The van der Waals surface area contributed by atoms with E-state index < -0.39 is 10.0 Å². The zero-order valence-electron chi connectivity index (χ0n) is 21.1. The van der Waals surface area contributed by atoms with Crippen molar-refractivity contribution in [3.8, 4) is 22.9 Å². The fourth-order valence-corrected chi connectivity index (χ4v) is 5.60. The van der Waals surface area contributed by atoms with Crippen LogP contribution in [-0.2, 0) is 17.1 Å². The van der Waals surface area contributed by atoms with Gasteiger partial charge in [-0.3, -0.25) is 4.68 Å². The molecule has 0 atom stereocenters. The van der Waals surface area contributed by atoms with Crippen molar-refractivity contribution in [1.29, 1.82) is 0 Å². The van der Waals surface area contributed by atoms with Gasteiger partial charge in [0.05, 0.1) is 11.9 Å². The van der Waals surface area contributed by atoms with E-state index in [2.05, 4.69) is 37.2 Å². The van der Waals surface area contributed by atoms with E-state index in [-0.39, 0.29) is 16.7 Å². The van der Waals surface area contributed by atoms with Crippen molar-refractivity contribution in [1.82, 2.24) is 25.1 Å². The van der Waals surface area contributed by atoms with E-state index in [0.717, 1.165) is 42.6 Å². The van der Waals surface area contributed by atoms with Crippen LogP contribution >= 0.6 is 0 Å². The van der Waals surface area contributed by atoms with Crippen molar-refractivity contribution in [3.05, 3.63) is 77.6 Å². The maximum absolute atomic E-state index is 13.0. The van der Waals surface area contributed by atoms with Crippen molar-refractivity contribution in [2.75, 3.05) is 17.8 Å². The number of aromatic nitrogens is 4. The SMILES string of the molecule is Cc1cccc(C)c1-c1cc(Oc2ccc(C3CCNCC3)cc2)nc(NS(=O)(=O)c2cnn(C)c2)n1. The van der Waals surface area contributed by atoms with E-state index in [4.69, 9.17) is 4.74 Å². The molecule has 10 heteroatoms. The molecule has 0 bridgehead atoms. The fourth-order valence-electron chi connectivity index (χ4n) is 4.67. The van der Waals surface area contributed by atoms with Crippen LogP contribution in [0.3, 0.4) is 0 Å². The second-order valence-electron chi connectivity index (χ2n) is 9.33. The number of nitrogens with zero attached hydrogens (tertiary/aromatic N) is 4. The zero-order chi connectivity index (χ0) is 26.0. The third-order valence-electron chi connectivity index (χ3n) is 6.57. The molecule has 0 saturated carbocycles. The average molecular weight is 519 g/mol. The third-order valence-corrected chi connectivity index (χ3v) is 7.85. The number of aryl methyl sites for hydroxylation is 3. The van der Waals surface area contributed by atoms with Gasteiger partial charge in [0.15, 0.2) is 0 Å². The van der Waals surface area contributed by atoms with Gasteiger partial charge in [0.1, 0.15) is 10.6 Å². The topological polar surface area (TPSA) is 111 Å². The van der Waals surface area contributed by atoms with E-state index in [0.29, 0.717) is 17.4 Å². The highest BCUT2D eigenvalue weighted by Gasteiger charge is 2.20. The molecule has 1 fully saturated rings. The third kappa shape index (κ3) is 5.65. The van der Waals surface area contributed by atoms with Gasteiger partial charge in [0.2, 0.25) is 11.8 Å². The maximum Gasteiger partial charge on any atom is 0.267 e. The standard InChI is InChI=1S/C27H30N6O3S/c1-18-5-4-6-19(2)26(18)24-15-25(31-27(30-24)32-37(34,35)23-16-29-33(3)17-23)36-22-9-7-20(8-10-22)21-11-13-28-14-12-21/h4-10,15-17,21,28H,11-14H2,1-3H3,(H,30,31,32). The summed E-state index contributed by atoms with van der Waals surface area (Å²) < 4.78 is 35.9. The van der Waals surface area contributed by atoms with Crippen LogP contribution in [0.5, 0.6) is 11.6 Å². The van der Waals surface area contributed by atoms with Gasteiger partial charge in [-0.2, -0.15) is 10.1 Å². The van der Waals surface area contributed by atoms with E-state index in [1.165, 1.54) is 22.6 Å². The van der Waals surface area contributed by atoms with E-state index >= 15 is 0 Å². The molecule has 1 saturated heterocycles.